The number of hydrogen-bond acceptors (Lipinski definition) is 4. The molecular weight excluding hydrogens is 328 g/mol. The molecule has 1 aliphatic rings. The monoisotopic (exact) mass is 354 g/mol. The maximum Gasteiger partial charge on any atom is 0.310 e. The van der Waals surface area contributed by atoms with Crippen LogP contribution in [0, 0.1) is 5.92 Å². The lowest BCUT2D eigenvalue weighted by Crippen LogP contribution is -2.53. The molecule has 1 atom stereocenters. The molecule has 0 spiro atoms. The Morgan fingerprint density at radius 1 is 1.15 bits per heavy atom. The van der Waals surface area contributed by atoms with Crippen LogP contribution >= 0.6 is 0 Å². The van der Waals surface area contributed by atoms with Gasteiger partial charge in [-0.2, -0.15) is 0 Å². The number of nitrogens with two attached hydrogens (primary N) is 1. The highest BCUT2D eigenvalue weighted by Gasteiger charge is 2.37. The predicted octanol–water partition coefficient (Wildman–Crippen LogP) is 2.56. The average Bonchev–Trinajstić information content (AvgIpc) is 3.12. The van der Waals surface area contributed by atoms with Gasteiger partial charge in [0.2, 0.25) is 5.91 Å². The molecule has 1 unspecified atom stereocenters. The number of carbonyl (C=O) groups is 2. The van der Waals surface area contributed by atoms with Gasteiger partial charge in [-0.3, -0.25) is 9.59 Å². The summed E-state index contributed by atoms with van der Waals surface area (Å²) in [5, 5.41) is 5.16. The number of rotatable bonds is 6. The van der Waals surface area contributed by atoms with E-state index in [2.05, 4.69) is 17.4 Å². The first-order valence-electron chi connectivity index (χ1n) is 9.14. The van der Waals surface area contributed by atoms with Crippen LogP contribution in [0.5, 0.6) is 0 Å². The summed E-state index contributed by atoms with van der Waals surface area (Å²) < 4.78 is 4.93. The normalized spacial score (nSPS) is 17.0. The SMILES string of the molecule is COC(=O)C(CNC(=O)C1(N)CCCC1)Cc1ccc2ccccc2c1. The highest BCUT2D eigenvalue weighted by Crippen LogP contribution is 2.27. The minimum Gasteiger partial charge on any atom is -0.469 e. The molecule has 1 saturated carbocycles. The lowest BCUT2D eigenvalue weighted by Gasteiger charge is -2.24. The second-order valence-electron chi connectivity index (χ2n) is 7.18. The first kappa shape index (κ1) is 18.4. The molecule has 26 heavy (non-hydrogen) atoms. The standard InChI is InChI=1S/C21H26N2O3/c1-26-19(24)18(14-23-20(25)21(22)10-4-5-11-21)13-15-8-9-16-6-2-3-7-17(16)12-15/h2-3,6-9,12,18H,4-5,10-11,13-14,22H2,1H3,(H,23,25). The van der Waals surface area contributed by atoms with Crippen LogP contribution in [0.15, 0.2) is 42.5 Å². The summed E-state index contributed by atoms with van der Waals surface area (Å²) in [4.78, 5) is 24.6. The first-order chi connectivity index (χ1) is 12.5. The quantitative estimate of drug-likeness (QED) is 0.781. The van der Waals surface area contributed by atoms with E-state index in [-0.39, 0.29) is 18.4 Å². The van der Waals surface area contributed by atoms with Crippen molar-refractivity contribution in [1.82, 2.24) is 5.32 Å². The molecule has 0 saturated heterocycles. The lowest BCUT2D eigenvalue weighted by molar-refractivity contribution is -0.145. The van der Waals surface area contributed by atoms with Gasteiger partial charge in [-0.15, -0.1) is 0 Å². The Morgan fingerprint density at radius 3 is 2.54 bits per heavy atom. The van der Waals surface area contributed by atoms with Crippen molar-refractivity contribution < 1.29 is 14.3 Å². The Hall–Kier alpha value is -2.40. The predicted molar refractivity (Wildman–Crippen MR) is 102 cm³/mol. The summed E-state index contributed by atoms with van der Waals surface area (Å²) in [7, 11) is 1.37. The molecule has 1 aliphatic carbocycles. The van der Waals surface area contributed by atoms with Gasteiger partial charge in [0, 0.05) is 6.54 Å². The van der Waals surface area contributed by atoms with Gasteiger partial charge in [-0.25, -0.2) is 0 Å². The van der Waals surface area contributed by atoms with E-state index in [9.17, 15) is 9.59 Å². The van der Waals surface area contributed by atoms with Crippen molar-refractivity contribution in [2.75, 3.05) is 13.7 Å². The van der Waals surface area contributed by atoms with Gasteiger partial charge in [0.1, 0.15) is 0 Å². The molecule has 2 aromatic carbocycles. The molecular formula is C21H26N2O3. The highest BCUT2D eigenvalue weighted by atomic mass is 16.5. The van der Waals surface area contributed by atoms with E-state index in [0.29, 0.717) is 19.3 Å². The molecule has 0 aliphatic heterocycles. The van der Waals surface area contributed by atoms with Gasteiger partial charge in [-0.1, -0.05) is 55.3 Å². The minimum atomic E-state index is -0.788. The fourth-order valence-corrected chi connectivity index (χ4v) is 3.68. The number of amides is 1. The topological polar surface area (TPSA) is 81.4 Å². The molecule has 3 rings (SSSR count). The average molecular weight is 354 g/mol. The fraction of sp³-hybridized carbons (Fsp3) is 0.429. The third kappa shape index (κ3) is 4.05. The Morgan fingerprint density at radius 2 is 1.85 bits per heavy atom. The van der Waals surface area contributed by atoms with E-state index >= 15 is 0 Å². The van der Waals surface area contributed by atoms with E-state index in [1.807, 2.05) is 30.3 Å². The zero-order valence-electron chi connectivity index (χ0n) is 15.2. The molecule has 5 heteroatoms. The van der Waals surface area contributed by atoms with Crippen LogP contribution in [0.3, 0.4) is 0 Å². The van der Waals surface area contributed by atoms with Crippen molar-refractivity contribution in [3.63, 3.8) is 0 Å². The smallest absolute Gasteiger partial charge is 0.310 e. The molecule has 1 amide bonds. The van der Waals surface area contributed by atoms with Crippen LogP contribution in [0.2, 0.25) is 0 Å². The van der Waals surface area contributed by atoms with Gasteiger partial charge >= 0.3 is 5.97 Å². The van der Waals surface area contributed by atoms with Crippen LogP contribution in [0.4, 0.5) is 0 Å². The lowest BCUT2D eigenvalue weighted by atomic mass is 9.95. The number of ether oxygens (including phenoxy) is 1. The molecule has 2 aromatic rings. The maximum absolute atomic E-state index is 12.4. The van der Waals surface area contributed by atoms with Crippen molar-refractivity contribution in [2.45, 2.75) is 37.6 Å². The van der Waals surface area contributed by atoms with E-state index in [1.54, 1.807) is 0 Å². The molecule has 138 valence electrons. The van der Waals surface area contributed by atoms with Crippen molar-refractivity contribution in [2.24, 2.45) is 11.7 Å². The Balaban J connectivity index is 1.69. The van der Waals surface area contributed by atoms with Crippen molar-refractivity contribution >= 4 is 22.6 Å². The highest BCUT2D eigenvalue weighted by molar-refractivity contribution is 5.87. The van der Waals surface area contributed by atoms with Crippen molar-refractivity contribution in [3.8, 4) is 0 Å². The minimum absolute atomic E-state index is 0.164. The molecule has 0 heterocycles. The number of nitrogens with one attached hydrogen (secondary N) is 1. The summed E-state index contributed by atoms with van der Waals surface area (Å²) in [6, 6.07) is 14.2. The second-order valence-corrected chi connectivity index (χ2v) is 7.18. The third-order valence-corrected chi connectivity index (χ3v) is 5.29. The van der Waals surface area contributed by atoms with Crippen LogP contribution in [0.1, 0.15) is 31.2 Å². The summed E-state index contributed by atoms with van der Waals surface area (Å²) >= 11 is 0. The summed E-state index contributed by atoms with van der Waals surface area (Å²) in [5.41, 5.74) is 6.43. The number of fused-ring (bicyclic) bond motifs is 1. The fourth-order valence-electron chi connectivity index (χ4n) is 3.68. The number of esters is 1. The Bertz CT molecular complexity index is 797. The van der Waals surface area contributed by atoms with Gasteiger partial charge in [0.25, 0.3) is 0 Å². The second kappa shape index (κ2) is 7.87. The molecule has 5 nitrogen and oxygen atoms in total. The largest absolute Gasteiger partial charge is 0.469 e. The third-order valence-electron chi connectivity index (χ3n) is 5.29. The Labute approximate surface area is 153 Å². The van der Waals surface area contributed by atoms with Crippen molar-refractivity contribution in [1.29, 1.82) is 0 Å². The molecule has 3 N–H and O–H groups in total. The van der Waals surface area contributed by atoms with Crippen LogP contribution in [-0.4, -0.2) is 31.1 Å². The molecule has 1 fully saturated rings. The number of methoxy groups -OCH3 is 1. The zero-order valence-corrected chi connectivity index (χ0v) is 15.2. The first-order valence-corrected chi connectivity index (χ1v) is 9.14. The number of carbonyl (C=O) groups excluding carboxylic acids is 2. The van der Waals surface area contributed by atoms with E-state index < -0.39 is 11.5 Å². The van der Waals surface area contributed by atoms with Gasteiger partial charge in [-0.05, 0) is 35.6 Å². The summed E-state index contributed by atoms with van der Waals surface area (Å²) in [6.45, 7) is 0.233. The molecule has 0 radical (unpaired) electrons. The molecule has 0 aromatic heterocycles. The van der Waals surface area contributed by atoms with Gasteiger partial charge < -0.3 is 15.8 Å². The maximum atomic E-state index is 12.4. The summed E-state index contributed by atoms with van der Waals surface area (Å²) in [6.07, 6.45) is 3.86. The van der Waals surface area contributed by atoms with Crippen LogP contribution in [0.25, 0.3) is 10.8 Å². The van der Waals surface area contributed by atoms with Crippen LogP contribution < -0.4 is 11.1 Å². The van der Waals surface area contributed by atoms with E-state index in [0.717, 1.165) is 29.2 Å². The zero-order chi connectivity index (χ0) is 18.6. The van der Waals surface area contributed by atoms with Gasteiger partial charge in [0.15, 0.2) is 0 Å². The summed E-state index contributed by atoms with van der Waals surface area (Å²) in [5.74, 6) is -0.923. The Kier molecular flexibility index (Phi) is 5.57. The van der Waals surface area contributed by atoms with Crippen LogP contribution in [-0.2, 0) is 20.7 Å². The molecule has 0 bridgehead atoms. The van der Waals surface area contributed by atoms with E-state index in [4.69, 9.17) is 10.5 Å². The van der Waals surface area contributed by atoms with E-state index in [1.165, 1.54) is 7.11 Å². The van der Waals surface area contributed by atoms with Crippen molar-refractivity contribution in [3.05, 3.63) is 48.0 Å². The number of hydrogen-bond donors (Lipinski definition) is 2. The van der Waals surface area contributed by atoms with Gasteiger partial charge in [0.05, 0.1) is 18.6 Å². The number of benzene rings is 2.